The van der Waals surface area contributed by atoms with Gasteiger partial charge in [0.2, 0.25) is 5.91 Å². The first-order valence-corrected chi connectivity index (χ1v) is 24.9. The quantitative estimate of drug-likeness (QED) is 0.0246. The second-order valence-electron chi connectivity index (χ2n) is 16.5. The van der Waals surface area contributed by atoms with E-state index in [0.29, 0.717) is 19.3 Å². The van der Waals surface area contributed by atoms with Crippen LogP contribution in [0.25, 0.3) is 0 Å². The number of unbranched alkanes of at least 4 members (excludes halogenated alkanes) is 20. The molecule has 0 aliphatic heterocycles. The van der Waals surface area contributed by atoms with Gasteiger partial charge in [-0.1, -0.05) is 221 Å². The topological polar surface area (TPSA) is 95.9 Å². The minimum Gasteiger partial charge on any atom is -0.462 e. The van der Waals surface area contributed by atoms with Crippen LogP contribution in [-0.4, -0.2) is 46.9 Å². The van der Waals surface area contributed by atoms with E-state index >= 15 is 0 Å². The number of hydrogen-bond acceptors (Lipinski definition) is 5. The van der Waals surface area contributed by atoms with Gasteiger partial charge in [-0.05, 0) is 70.6 Å². The van der Waals surface area contributed by atoms with Crippen LogP contribution >= 0.6 is 0 Å². The molecule has 0 aliphatic rings. The number of allylic oxidation sites excluding steroid dienone is 14. The van der Waals surface area contributed by atoms with E-state index in [-0.39, 0.29) is 24.9 Å². The first-order chi connectivity index (χ1) is 29.5. The van der Waals surface area contributed by atoms with Gasteiger partial charge >= 0.3 is 5.97 Å². The Labute approximate surface area is 370 Å². The number of carbonyl (C=O) groups excluding carboxylic acids is 2. The second-order valence-corrected chi connectivity index (χ2v) is 16.5. The van der Waals surface area contributed by atoms with Crippen molar-refractivity contribution in [2.75, 3.05) is 6.61 Å². The van der Waals surface area contributed by atoms with Gasteiger partial charge in [0, 0.05) is 6.42 Å². The Morgan fingerprint density at radius 3 is 1.58 bits per heavy atom. The highest BCUT2D eigenvalue weighted by Crippen LogP contribution is 2.17. The molecule has 3 N–H and O–H groups in total. The molecule has 0 spiro atoms. The van der Waals surface area contributed by atoms with E-state index in [1.165, 1.54) is 89.9 Å². The lowest BCUT2D eigenvalue weighted by Gasteiger charge is -2.24. The minimum atomic E-state index is -0.810. The number of aliphatic hydroxyl groups excluding tert-OH is 2. The van der Waals surface area contributed by atoms with Crippen molar-refractivity contribution in [2.45, 2.75) is 238 Å². The average molecular weight is 836 g/mol. The maximum Gasteiger partial charge on any atom is 0.306 e. The molecule has 3 atom stereocenters. The van der Waals surface area contributed by atoms with Crippen molar-refractivity contribution in [1.82, 2.24) is 5.32 Å². The van der Waals surface area contributed by atoms with Gasteiger partial charge in [0.05, 0.1) is 25.2 Å². The fraction of sp³-hybridized carbons (Fsp3) is 0.704. The van der Waals surface area contributed by atoms with Crippen LogP contribution in [0.2, 0.25) is 0 Å². The zero-order chi connectivity index (χ0) is 43.8. The van der Waals surface area contributed by atoms with Crippen LogP contribution in [0, 0.1) is 0 Å². The van der Waals surface area contributed by atoms with E-state index in [9.17, 15) is 19.8 Å². The summed E-state index contributed by atoms with van der Waals surface area (Å²) in [5.74, 6) is -0.562. The molecule has 1 amide bonds. The van der Waals surface area contributed by atoms with Gasteiger partial charge < -0.3 is 20.3 Å². The highest BCUT2D eigenvalue weighted by Gasteiger charge is 2.24. The third kappa shape index (κ3) is 41.8. The summed E-state index contributed by atoms with van der Waals surface area (Å²) in [5.41, 5.74) is 0. The molecule has 6 nitrogen and oxygen atoms in total. The molecule has 0 heterocycles. The maximum absolute atomic E-state index is 13.2. The monoisotopic (exact) mass is 836 g/mol. The SMILES string of the molecule is CC/C=C/C=C/C=C\C=C/CCCC(CC(=O)NC(CO)C(O)CCCCCCCCCCCCCCCC)OC(=O)CCCCCCCC/C=C/C/C=C/C/C=C/CC. The summed E-state index contributed by atoms with van der Waals surface area (Å²) in [6, 6.07) is -0.729. The molecule has 344 valence electrons. The van der Waals surface area contributed by atoms with Gasteiger partial charge in [-0.2, -0.15) is 0 Å². The van der Waals surface area contributed by atoms with Gasteiger partial charge in [-0.25, -0.2) is 0 Å². The molecule has 0 aliphatic carbocycles. The number of nitrogens with one attached hydrogen (secondary N) is 1. The smallest absolute Gasteiger partial charge is 0.306 e. The molecule has 0 aromatic heterocycles. The highest BCUT2D eigenvalue weighted by atomic mass is 16.5. The van der Waals surface area contributed by atoms with Crippen molar-refractivity contribution < 1.29 is 24.5 Å². The third-order valence-corrected chi connectivity index (χ3v) is 10.8. The van der Waals surface area contributed by atoms with Crippen molar-refractivity contribution >= 4 is 11.9 Å². The largest absolute Gasteiger partial charge is 0.462 e. The van der Waals surface area contributed by atoms with Gasteiger partial charge in [0.25, 0.3) is 0 Å². The van der Waals surface area contributed by atoms with E-state index in [1.807, 2.05) is 36.5 Å². The van der Waals surface area contributed by atoms with Gasteiger partial charge in [-0.15, -0.1) is 0 Å². The second kappa shape index (κ2) is 47.1. The highest BCUT2D eigenvalue weighted by molar-refractivity contribution is 5.77. The molecule has 0 radical (unpaired) electrons. The van der Waals surface area contributed by atoms with E-state index in [2.05, 4.69) is 74.7 Å². The normalized spacial score (nSPS) is 14.0. The Kier molecular flexibility index (Phi) is 44.8. The Bertz CT molecular complexity index is 1160. The summed E-state index contributed by atoms with van der Waals surface area (Å²) in [6.07, 6.45) is 60.8. The van der Waals surface area contributed by atoms with Crippen LogP contribution in [0.5, 0.6) is 0 Å². The molecule has 0 bridgehead atoms. The predicted octanol–water partition coefficient (Wildman–Crippen LogP) is 14.8. The van der Waals surface area contributed by atoms with Crippen LogP contribution in [0.4, 0.5) is 0 Å². The summed E-state index contributed by atoms with van der Waals surface area (Å²) in [7, 11) is 0. The Morgan fingerprint density at radius 1 is 0.517 bits per heavy atom. The lowest BCUT2D eigenvalue weighted by atomic mass is 10.0. The lowest BCUT2D eigenvalue weighted by molar-refractivity contribution is -0.151. The van der Waals surface area contributed by atoms with Crippen LogP contribution in [0.15, 0.2) is 85.1 Å². The fourth-order valence-electron chi connectivity index (χ4n) is 7.11. The van der Waals surface area contributed by atoms with Crippen LogP contribution in [0.3, 0.4) is 0 Å². The van der Waals surface area contributed by atoms with E-state index in [0.717, 1.165) is 83.5 Å². The Morgan fingerprint density at radius 2 is 1.00 bits per heavy atom. The number of ether oxygens (including phenoxy) is 1. The van der Waals surface area contributed by atoms with Gasteiger partial charge in [-0.3, -0.25) is 9.59 Å². The molecular weight excluding hydrogens is 743 g/mol. The summed E-state index contributed by atoms with van der Waals surface area (Å²) < 4.78 is 5.88. The molecule has 0 fully saturated rings. The molecule has 60 heavy (non-hydrogen) atoms. The summed E-state index contributed by atoms with van der Waals surface area (Å²) >= 11 is 0. The Balaban J connectivity index is 4.62. The molecule has 6 heteroatoms. The standard InChI is InChI=1S/C54H93NO5/c1-4-7-10-13-16-19-22-24-26-27-29-32-35-38-41-44-47-54(59)60-50(45-42-39-36-33-30-21-18-15-12-9-6-3)48-53(58)55-51(49-56)52(57)46-43-40-37-34-31-28-25-23-20-17-14-11-8-5-2/h7,9-10,12,15-16,18-19,21,24,26,30,33,36,50-52,56-57H,4-6,8,11,13-14,17,20,22-23,25,27-29,31-32,34-35,37-49H2,1-3H3,(H,55,58)/b10-7+,12-9+,18-15+,19-16+,26-24+,30-21-,36-33-. The molecule has 0 saturated heterocycles. The number of amides is 1. The van der Waals surface area contributed by atoms with Crippen LogP contribution < -0.4 is 5.32 Å². The minimum absolute atomic E-state index is 0.0224. The molecule has 0 saturated carbocycles. The maximum atomic E-state index is 13.2. The first-order valence-electron chi connectivity index (χ1n) is 24.9. The summed E-state index contributed by atoms with van der Waals surface area (Å²) in [5, 5.41) is 23.7. The summed E-state index contributed by atoms with van der Waals surface area (Å²) in [4.78, 5) is 26.1. The first kappa shape index (κ1) is 57.0. The molecule has 0 rings (SSSR count). The predicted molar refractivity (Wildman–Crippen MR) is 259 cm³/mol. The fourth-order valence-corrected chi connectivity index (χ4v) is 7.11. The van der Waals surface area contributed by atoms with Crippen molar-refractivity contribution in [3.05, 3.63) is 85.1 Å². The number of carbonyl (C=O) groups is 2. The van der Waals surface area contributed by atoms with E-state index in [1.54, 1.807) is 0 Å². The number of aliphatic hydroxyl groups is 2. The van der Waals surface area contributed by atoms with Gasteiger partial charge in [0.1, 0.15) is 6.10 Å². The zero-order valence-corrected chi connectivity index (χ0v) is 39.1. The zero-order valence-electron chi connectivity index (χ0n) is 39.1. The van der Waals surface area contributed by atoms with Crippen molar-refractivity contribution in [3.8, 4) is 0 Å². The third-order valence-electron chi connectivity index (χ3n) is 10.8. The average Bonchev–Trinajstić information content (AvgIpc) is 3.24. The van der Waals surface area contributed by atoms with E-state index in [4.69, 9.17) is 4.74 Å². The number of esters is 1. The van der Waals surface area contributed by atoms with Gasteiger partial charge in [0.15, 0.2) is 0 Å². The van der Waals surface area contributed by atoms with Crippen molar-refractivity contribution in [2.24, 2.45) is 0 Å². The molecule has 3 unspecified atom stereocenters. The Hall–Kier alpha value is -2.96. The van der Waals surface area contributed by atoms with Crippen molar-refractivity contribution in [3.63, 3.8) is 0 Å². The summed E-state index contributed by atoms with van der Waals surface area (Å²) in [6.45, 7) is 6.20. The molecule has 0 aromatic rings. The molecule has 0 aromatic carbocycles. The number of hydrogen-bond donors (Lipinski definition) is 3. The van der Waals surface area contributed by atoms with Crippen LogP contribution in [0.1, 0.15) is 220 Å². The van der Waals surface area contributed by atoms with Crippen molar-refractivity contribution in [1.29, 1.82) is 0 Å². The van der Waals surface area contributed by atoms with Crippen LogP contribution in [-0.2, 0) is 14.3 Å². The lowest BCUT2D eigenvalue weighted by Crippen LogP contribution is -2.46. The molecular formula is C54H93NO5. The van der Waals surface area contributed by atoms with E-state index < -0.39 is 18.2 Å². The number of rotatable bonds is 43.